The molecule has 0 spiro atoms. The van der Waals surface area contributed by atoms with Crippen molar-refractivity contribution in [3.05, 3.63) is 84.0 Å². The predicted octanol–water partition coefficient (Wildman–Crippen LogP) is 4.14. The Morgan fingerprint density at radius 3 is 2.32 bits per heavy atom. The molecule has 1 heteroatoms. The highest BCUT2D eigenvalue weighted by molar-refractivity contribution is 5.43. The van der Waals surface area contributed by atoms with E-state index in [2.05, 4.69) is 24.8 Å². The summed E-state index contributed by atoms with van der Waals surface area (Å²) >= 11 is 0. The molecule has 0 radical (unpaired) electrons. The predicted molar refractivity (Wildman–Crippen MR) is 80.7 cm³/mol. The first-order valence-electron chi connectivity index (χ1n) is 6.53. The van der Waals surface area contributed by atoms with Crippen molar-refractivity contribution in [1.29, 1.82) is 0 Å². The lowest BCUT2D eigenvalue weighted by molar-refractivity contribution is 0.0994. The van der Waals surface area contributed by atoms with E-state index in [-0.39, 0.29) is 5.92 Å². The molecule has 1 aliphatic rings. The average molecular weight is 252 g/mol. The normalized spacial score (nSPS) is 18.6. The lowest BCUT2D eigenvalue weighted by Crippen LogP contribution is -2.25. The van der Waals surface area contributed by atoms with Gasteiger partial charge in [-0.1, -0.05) is 72.9 Å². The summed E-state index contributed by atoms with van der Waals surface area (Å²) < 4.78 is 0. The first-order valence-corrected chi connectivity index (χ1v) is 6.53. The number of aliphatic hydroxyl groups is 1. The van der Waals surface area contributed by atoms with Crippen LogP contribution in [0.3, 0.4) is 0 Å². The molecule has 0 heterocycles. The van der Waals surface area contributed by atoms with E-state index in [1.807, 2.05) is 56.3 Å². The third kappa shape index (κ3) is 2.94. The van der Waals surface area contributed by atoms with Crippen LogP contribution in [0.2, 0.25) is 0 Å². The average Bonchev–Trinajstić information content (AvgIpc) is 2.89. The monoisotopic (exact) mass is 252 g/mol. The topological polar surface area (TPSA) is 20.2 Å². The highest BCUT2D eigenvalue weighted by Gasteiger charge is 2.28. The first-order chi connectivity index (χ1) is 9.01. The molecule has 1 nitrogen and oxygen atoms in total. The Kier molecular flexibility index (Phi) is 3.87. The summed E-state index contributed by atoms with van der Waals surface area (Å²) in [5, 5.41) is 10.9. The molecule has 1 N–H and O–H groups in total. The van der Waals surface area contributed by atoms with E-state index < -0.39 is 5.60 Å². The van der Waals surface area contributed by atoms with Gasteiger partial charge in [-0.05, 0) is 25.0 Å². The molecule has 0 amide bonds. The minimum absolute atomic E-state index is 0.238. The second-order valence-electron chi connectivity index (χ2n) is 5.15. The Bertz CT molecular complexity index is 532. The smallest absolute Gasteiger partial charge is 0.112 e. The van der Waals surface area contributed by atoms with E-state index in [0.29, 0.717) is 0 Å². The number of allylic oxidation sites excluding steroid dienone is 5. The maximum Gasteiger partial charge on any atom is 0.112 e. The Morgan fingerprint density at radius 1 is 1.21 bits per heavy atom. The summed E-state index contributed by atoms with van der Waals surface area (Å²) in [6.07, 6.45) is 10.3. The van der Waals surface area contributed by atoms with Gasteiger partial charge in [0, 0.05) is 5.92 Å². The zero-order valence-electron chi connectivity index (χ0n) is 11.5. The van der Waals surface area contributed by atoms with Crippen molar-refractivity contribution < 1.29 is 5.11 Å². The zero-order valence-corrected chi connectivity index (χ0v) is 11.5. The van der Waals surface area contributed by atoms with Gasteiger partial charge in [-0.25, -0.2) is 0 Å². The molecular weight excluding hydrogens is 232 g/mol. The van der Waals surface area contributed by atoms with Crippen LogP contribution in [-0.2, 0) is 5.60 Å². The fraction of sp³-hybridized carbons (Fsp3) is 0.222. The van der Waals surface area contributed by atoms with Crippen LogP contribution in [0.1, 0.15) is 19.4 Å². The highest BCUT2D eigenvalue weighted by atomic mass is 16.3. The molecular formula is C18H20O. The van der Waals surface area contributed by atoms with Crippen LogP contribution in [0.5, 0.6) is 0 Å². The van der Waals surface area contributed by atoms with Crippen LogP contribution in [-0.4, -0.2) is 5.11 Å². The Labute approximate surface area is 115 Å². The molecule has 0 aliphatic heterocycles. The molecule has 1 aromatic carbocycles. The van der Waals surface area contributed by atoms with Crippen LogP contribution < -0.4 is 0 Å². The van der Waals surface area contributed by atoms with Crippen molar-refractivity contribution in [2.75, 3.05) is 0 Å². The van der Waals surface area contributed by atoms with Crippen molar-refractivity contribution in [3.63, 3.8) is 0 Å². The van der Waals surface area contributed by atoms with Crippen molar-refractivity contribution in [1.82, 2.24) is 0 Å². The first kappa shape index (κ1) is 13.6. The molecule has 0 aromatic heterocycles. The van der Waals surface area contributed by atoms with Crippen molar-refractivity contribution >= 4 is 0 Å². The van der Waals surface area contributed by atoms with Crippen LogP contribution in [0.15, 0.2) is 78.4 Å². The van der Waals surface area contributed by atoms with Gasteiger partial charge in [0.2, 0.25) is 0 Å². The molecule has 19 heavy (non-hydrogen) atoms. The van der Waals surface area contributed by atoms with Gasteiger partial charge in [-0.3, -0.25) is 0 Å². The van der Waals surface area contributed by atoms with Gasteiger partial charge in [-0.15, -0.1) is 0 Å². The Balaban J connectivity index is 2.41. The molecule has 1 unspecified atom stereocenters. The van der Waals surface area contributed by atoms with Crippen LogP contribution >= 0.6 is 0 Å². The Morgan fingerprint density at radius 2 is 1.79 bits per heavy atom. The second kappa shape index (κ2) is 5.41. The number of hydrogen-bond donors (Lipinski definition) is 1. The van der Waals surface area contributed by atoms with Crippen LogP contribution in [0.4, 0.5) is 0 Å². The summed E-state index contributed by atoms with van der Waals surface area (Å²) in [7, 11) is 0. The van der Waals surface area contributed by atoms with Crippen molar-refractivity contribution in [2.24, 2.45) is 5.92 Å². The van der Waals surface area contributed by atoms with Crippen LogP contribution in [0, 0.1) is 5.92 Å². The van der Waals surface area contributed by atoms with E-state index in [0.717, 1.165) is 16.7 Å². The maximum atomic E-state index is 10.9. The molecule has 0 saturated carbocycles. The van der Waals surface area contributed by atoms with Gasteiger partial charge in [0.05, 0.1) is 0 Å². The van der Waals surface area contributed by atoms with E-state index >= 15 is 0 Å². The molecule has 2 rings (SSSR count). The molecule has 1 atom stereocenters. The fourth-order valence-corrected chi connectivity index (χ4v) is 2.39. The van der Waals surface area contributed by atoms with Crippen LogP contribution in [0.25, 0.3) is 0 Å². The fourth-order valence-electron chi connectivity index (χ4n) is 2.39. The number of rotatable bonds is 4. The minimum atomic E-state index is -1.02. The third-order valence-corrected chi connectivity index (χ3v) is 3.46. The van der Waals surface area contributed by atoms with Gasteiger partial charge in [0.15, 0.2) is 0 Å². The zero-order chi connectivity index (χ0) is 13.9. The molecule has 0 saturated heterocycles. The van der Waals surface area contributed by atoms with Crippen molar-refractivity contribution in [2.45, 2.75) is 19.4 Å². The standard InChI is InChI=1S/C18H20O/c1-14(2)17(13-15-9-7-8-10-15)18(3,19)16-11-5-4-6-12-16/h4-13,15,19H,1H2,2-3H3/b17-13-. The van der Waals surface area contributed by atoms with Crippen molar-refractivity contribution in [3.8, 4) is 0 Å². The second-order valence-corrected chi connectivity index (χ2v) is 5.15. The molecule has 1 aliphatic carbocycles. The lowest BCUT2D eigenvalue weighted by Gasteiger charge is -2.28. The van der Waals surface area contributed by atoms with Gasteiger partial charge >= 0.3 is 0 Å². The number of benzene rings is 1. The molecule has 98 valence electrons. The third-order valence-electron chi connectivity index (χ3n) is 3.46. The lowest BCUT2D eigenvalue weighted by atomic mass is 9.83. The van der Waals surface area contributed by atoms with E-state index in [4.69, 9.17) is 0 Å². The Hall–Kier alpha value is -1.86. The van der Waals surface area contributed by atoms with Gasteiger partial charge in [0.1, 0.15) is 5.60 Å². The minimum Gasteiger partial charge on any atom is -0.381 e. The largest absolute Gasteiger partial charge is 0.381 e. The van der Waals surface area contributed by atoms with E-state index in [1.165, 1.54) is 0 Å². The number of hydrogen-bond acceptors (Lipinski definition) is 1. The van der Waals surface area contributed by atoms with Gasteiger partial charge in [-0.2, -0.15) is 0 Å². The summed E-state index contributed by atoms with van der Waals surface area (Å²) in [5.74, 6) is 0.238. The van der Waals surface area contributed by atoms with E-state index in [9.17, 15) is 5.11 Å². The van der Waals surface area contributed by atoms with Gasteiger partial charge in [0.25, 0.3) is 0 Å². The van der Waals surface area contributed by atoms with E-state index in [1.54, 1.807) is 0 Å². The molecule has 1 aromatic rings. The summed E-state index contributed by atoms with van der Waals surface area (Å²) in [6, 6.07) is 9.71. The maximum absolute atomic E-state index is 10.9. The summed E-state index contributed by atoms with van der Waals surface area (Å²) in [4.78, 5) is 0. The van der Waals surface area contributed by atoms with Gasteiger partial charge < -0.3 is 5.11 Å². The molecule has 0 bridgehead atoms. The quantitative estimate of drug-likeness (QED) is 0.798. The molecule has 0 fully saturated rings. The summed E-state index contributed by atoms with van der Waals surface area (Å²) in [6.45, 7) is 7.77. The highest BCUT2D eigenvalue weighted by Crippen LogP contribution is 2.34. The summed E-state index contributed by atoms with van der Waals surface area (Å²) in [5.41, 5.74) is 1.63. The SMILES string of the molecule is C=C(C)/C(=C/C1C=CC=C1)C(C)(O)c1ccccc1.